The molecule has 0 saturated carbocycles. The van der Waals surface area contributed by atoms with E-state index >= 15 is 0 Å². The molecule has 0 saturated heterocycles. The SMILES string of the molecule is CSCC(NC(C)C)c1ccccc1. The average molecular weight is 209 g/mol. The van der Waals surface area contributed by atoms with Crippen LogP contribution >= 0.6 is 11.8 Å². The third kappa shape index (κ3) is 3.72. The first kappa shape index (κ1) is 11.6. The summed E-state index contributed by atoms with van der Waals surface area (Å²) in [5.74, 6) is 1.13. The van der Waals surface area contributed by atoms with E-state index in [0.29, 0.717) is 12.1 Å². The number of benzene rings is 1. The van der Waals surface area contributed by atoms with Crippen LogP contribution in [0.5, 0.6) is 0 Å². The molecule has 0 aromatic heterocycles. The summed E-state index contributed by atoms with van der Waals surface area (Å²) in [6, 6.07) is 11.7. The zero-order valence-corrected chi connectivity index (χ0v) is 9.97. The molecule has 1 atom stereocenters. The van der Waals surface area contributed by atoms with Gasteiger partial charge in [-0.15, -0.1) is 0 Å². The second kappa shape index (κ2) is 6.10. The molecule has 1 aromatic carbocycles. The highest BCUT2D eigenvalue weighted by Crippen LogP contribution is 2.17. The monoisotopic (exact) mass is 209 g/mol. The van der Waals surface area contributed by atoms with Crippen molar-refractivity contribution in [1.29, 1.82) is 0 Å². The number of hydrogen-bond acceptors (Lipinski definition) is 2. The zero-order valence-electron chi connectivity index (χ0n) is 9.16. The minimum atomic E-state index is 0.478. The highest BCUT2D eigenvalue weighted by Gasteiger charge is 2.10. The van der Waals surface area contributed by atoms with Gasteiger partial charge in [0.15, 0.2) is 0 Å². The van der Waals surface area contributed by atoms with Crippen LogP contribution in [0.4, 0.5) is 0 Å². The van der Waals surface area contributed by atoms with Gasteiger partial charge in [0.05, 0.1) is 0 Å². The van der Waals surface area contributed by atoms with E-state index in [1.807, 2.05) is 11.8 Å². The molecule has 1 unspecified atom stereocenters. The normalized spacial score (nSPS) is 13.1. The molecular weight excluding hydrogens is 190 g/mol. The van der Waals surface area contributed by atoms with Crippen LogP contribution in [0.1, 0.15) is 25.5 Å². The van der Waals surface area contributed by atoms with Gasteiger partial charge in [-0.1, -0.05) is 44.2 Å². The Morgan fingerprint density at radius 3 is 2.36 bits per heavy atom. The fourth-order valence-corrected chi connectivity index (χ4v) is 2.12. The Bertz CT molecular complexity index is 246. The van der Waals surface area contributed by atoms with Gasteiger partial charge in [-0.2, -0.15) is 11.8 Å². The van der Waals surface area contributed by atoms with E-state index in [0.717, 1.165) is 5.75 Å². The van der Waals surface area contributed by atoms with Gasteiger partial charge in [0.1, 0.15) is 0 Å². The molecule has 0 fully saturated rings. The molecule has 1 nitrogen and oxygen atoms in total. The van der Waals surface area contributed by atoms with E-state index in [1.54, 1.807) is 0 Å². The van der Waals surface area contributed by atoms with Crippen LogP contribution in [0.25, 0.3) is 0 Å². The van der Waals surface area contributed by atoms with Crippen molar-refractivity contribution in [3.8, 4) is 0 Å². The summed E-state index contributed by atoms with van der Waals surface area (Å²) in [5, 5.41) is 3.58. The fraction of sp³-hybridized carbons (Fsp3) is 0.500. The van der Waals surface area contributed by atoms with Crippen LogP contribution in [-0.4, -0.2) is 18.1 Å². The topological polar surface area (TPSA) is 12.0 Å². The molecule has 0 aliphatic heterocycles. The molecular formula is C12H19NS. The molecule has 0 heterocycles. The predicted octanol–water partition coefficient (Wildman–Crippen LogP) is 3.09. The second-order valence-corrected chi connectivity index (χ2v) is 4.65. The number of nitrogens with one attached hydrogen (secondary N) is 1. The average Bonchev–Trinajstić information content (AvgIpc) is 2.18. The molecule has 0 bridgehead atoms. The Hall–Kier alpha value is -0.470. The van der Waals surface area contributed by atoms with Gasteiger partial charge in [-0.3, -0.25) is 0 Å². The lowest BCUT2D eigenvalue weighted by Crippen LogP contribution is -2.29. The predicted molar refractivity (Wildman–Crippen MR) is 65.8 cm³/mol. The number of thioether (sulfide) groups is 1. The number of hydrogen-bond donors (Lipinski definition) is 1. The van der Waals surface area contributed by atoms with Crippen LogP contribution < -0.4 is 5.32 Å². The van der Waals surface area contributed by atoms with Crippen molar-refractivity contribution in [2.75, 3.05) is 12.0 Å². The van der Waals surface area contributed by atoms with Crippen LogP contribution in [-0.2, 0) is 0 Å². The minimum Gasteiger partial charge on any atom is -0.307 e. The first-order valence-electron chi connectivity index (χ1n) is 5.04. The third-order valence-electron chi connectivity index (χ3n) is 2.07. The lowest BCUT2D eigenvalue weighted by molar-refractivity contribution is 0.512. The van der Waals surface area contributed by atoms with Crippen molar-refractivity contribution in [2.24, 2.45) is 0 Å². The second-order valence-electron chi connectivity index (χ2n) is 3.74. The Labute approximate surface area is 91.3 Å². The van der Waals surface area contributed by atoms with E-state index in [4.69, 9.17) is 0 Å². The highest BCUT2D eigenvalue weighted by atomic mass is 32.2. The van der Waals surface area contributed by atoms with Crippen LogP contribution in [0.15, 0.2) is 30.3 Å². The molecule has 0 radical (unpaired) electrons. The summed E-state index contributed by atoms with van der Waals surface area (Å²) in [4.78, 5) is 0. The fourth-order valence-electron chi connectivity index (χ4n) is 1.49. The van der Waals surface area contributed by atoms with E-state index in [2.05, 4.69) is 55.8 Å². The van der Waals surface area contributed by atoms with Crippen molar-refractivity contribution in [1.82, 2.24) is 5.32 Å². The van der Waals surface area contributed by atoms with Gasteiger partial charge in [0.25, 0.3) is 0 Å². The Kier molecular flexibility index (Phi) is 5.05. The van der Waals surface area contributed by atoms with Crippen molar-refractivity contribution in [3.05, 3.63) is 35.9 Å². The molecule has 0 aliphatic rings. The Morgan fingerprint density at radius 2 is 1.86 bits per heavy atom. The lowest BCUT2D eigenvalue weighted by atomic mass is 10.1. The van der Waals surface area contributed by atoms with Crippen molar-refractivity contribution >= 4 is 11.8 Å². The minimum absolute atomic E-state index is 0.478. The molecule has 0 spiro atoms. The molecule has 1 aromatic rings. The largest absolute Gasteiger partial charge is 0.307 e. The first-order valence-corrected chi connectivity index (χ1v) is 6.43. The molecule has 1 rings (SSSR count). The molecule has 78 valence electrons. The van der Waals surface area contributed by atoms with Crippen molar-refractivity contribution in [3.63, 3.8) is 0 Å². The standard InChI is InChI=1S/C12H19NS/c1-10(2)13-12(9-14-3)11-7-5-4-6-8-11/h4-8,10,12-13H,9H2,1-3H3. The van der Waals surface area contributed by atoms with Crippen molar-refractivity contribution < 1.29 is 0 Å². The van der Waals surface area contributed by atoms with Gasteiger partial charge >= 0.3 is 0 Å². The molecule has 0 amide bonds. The molecule has 2 heteroatoms. The maximum atomic E-state index is 3.58. The summed E-state index contributed by atoms with van der Waals surface area (Å²) in [6.45, 7) is 4.38. The molecule has 1 N–H and O–H groups in total. The van der Waals surface area contributed by atoms with Crippen molar-refractivity contribution in [2.45, 2.75) is 25.9 Å². The highest BCUT2D eigenvalue weighted by molar-refractivity contribution is 7.98. The quantitative estimate of drug-likeness (QED) is 0.800. The lowest BCUT2D eigenvalue weighted by Gasteiger charge is -2.20. The zero-order chi connectivity index (χ0) is 10.4. The Balaban J connectivity index is 2.67. The first-order chi connectivity index (χ1) is 6.74. The summed E-state index contributed by atoms with van der Waals surface area (Å²) < 4.78 is 0. The van der Waals surface area contributed by atoms with Gasteiger partial charge in [-0.05, 0) is 11.8 Å². The van der Waals surface area contributed by atoms with E-state index in [9.17, 15) is 0 Å². The van der Waals surface area contributed by atoms with E-state index in [1.165, 1.54) is 5.56 Å². The summed E-state index contributed by atoms with van der Waals surface area (Å²) in [6.07, 6.45) is 2.15. The summed E-state index contributed by atoms with van der Waals surface area (Å²) >= 11 is 1.88. The maximum Gasteiger partial charge on any atom is 0.0413 e. The van der Waals surface area contributed by atoms with E-state index < -0.39 is 0 Å². The third-order valence-corrected chi connectivity index (χ3v) is 2.74. The number of rotatable bonds is 5. The molecule has 0 aliphatic carbocycles. The van der Waals surface area contributed by atoms with Gasteiger partial charge in [0, 0.05) is 17.8 Å². The van der Waals surface area contributed by atoms with Gasteiger partial charge in [0.2, 0.25) is 0 Å². The Morgan fingerprint density at radius 1 is 1.21 bits per heavy atom. The van der Waals surface area contributed by atoms with Crippen LogP contribution in [0.2, 0.25) is 0 Å². The van der Waals surface area contributed by atoms with E-state index in [-0.39, 0.29) is 0 Å². The van der Waals surface area contributed by atoms with Gasteiger partial charge < -0.3 is 5.32 Å². The summed E-state index contributed by atoms with van der Waals surface area (Å²) in [5.41, 5.74) is 1.38. The van der Waals surface area contributed by atoms with Gasteiger partial charge in [-0.25, -0.2) is 0 Å². The summed E-state index contributed by atoms with van der Waals surface area (Å²) in [7, 11) is 0. The van der Waals surface area contributed by atoms with Crippen LogP contribution in [0, 0.1) is 0 Å². The molecule has 14 heavy (non-hydrogen) atoms. The maximum absolute atomic E-state index is 3.58. The smallest absolute Gasteiger partial charge is 0.0413 e. The van der Waals surface area contributed by atoms with Crippen LogP contribution in [0.3, 0.4) is 0 Å².